The van der Waals surface area contributed by atoms with E-state index in [1.165, 1.54) is 16.7 Å². The van der Waals surface area contributed by atoms with Gasteiger partial charge in [-0.15, -0.1) is 0 Å². The Morgan fingerprint density at radius 2 is 1.75 bits per heavy atom. The lowest BCUT2D eigenvalue weighted by atomic mass is 9.99. The van der Waals surface area contributed by atoms with Gasteiger partial charge in [-0.1, -0.05) is 0 Å². The summed E-state index contributed by atoms with van der Waals surface area (Å²) in [7, 11) is 0. The minimum atomic E-state index is -0.653. The molecule has 0 saturated carbocycles. The lowest BCUT2D eigenvalue weighted by molar-refractivity contribution is 0.249. The summed E-state index contributed by atoms with van der Waals surface area (Å²) in [6, 6.07) is 3.44. The van der Waals surface area contributed by atoms with E-state index in [4.69, 9.17) is 5.73 Å². The molecule has 0 bridgehead atoms. The Labute approximate surface area is 95.5 Å². The molecule has 0 atom stereocenters. The number of nitrogens with one attached hydrogen (secondary N) is 1. The highest BCUT2D eigenvalue weighted by molar-refractivity contribution is 5.99. The van der Waals surface area contributed by atoms with Gasteiger partial charge in [-0.25, -0.2) is 10.2 Å². The van der Waals surface area contributed by atoms with E-state index >= 15 is 0 Å². The molecule has 4 nitrogen and oxygen atoms in total. The topological polar surface area (TPSA) is 67.5 Å². The highest BCUT2D eigenvalue weighted by atomic mass is 16.2. The molecule has 0 heterocycles. The van der Waals surface area contributed by atoms with Crippen molar-refractivity contribution in [2.24, 2.45) is 10.8 Å². The van der Waals surface area contributed by atoms with Crippen LogP contribution in [0.4, 0.5) is 4.79 Å². The quantitative estimate of drug-likeness (QED) is 0.579. The minimum Gasteiger partial charge on any atom is -0.350 e. The van der Waals surface area contributed by atoms with E-state index in [1.54, 1.807) is 0 Å². The molecule has 0 aliphatic heterocycles. The van der Waals surface area contributed by atoms with Gasteiger partial charge in [0.15, 0.2) is 0 Å². The smallest absolute Gasteiger partial charge is 0.332 e. The largest absolute Gasteiger partial charge is 0.350 e. The number of urea groups is 1. The Morgan fingerprint density at radius 3 is 2.19 bits per heavy atom. The van der Waals surface area contributed by atoms with Crippen LogP contribution >= 0.6 is 0 Å². The van der Waals surface area contributed by atoms with E-state index in [0.29, 0.717) is 0 Å². The van der Waals surface area contributed by atoms with Crippen molar-refractivity contribution >= 4 is 11.7 Å². The molecule has 86 valence electrons. The summed E-state index contributed by atoms with van der Waals surface area (Å²) >= 11 is 0. The van der Waals surface area contributed by atoms with Gasteiger partial charge >= 0.3 is 6.03 Å². The number of primary amides is 1. The predicted molar refractivity (Wildman–Crippen MR) is 65.6 cm³/mol. The summed E-state index contributed by atoms with van der Waals surface area (Å²) in [4.78, 5) is 10.5. The Bertz CT molecular complexity index is 427. The second-order valence-corrected chi connectivity index (χ2v) is 3.91. The molecule has 0 aliphatic rings. The van der Waals surface area contributed by atoms with Crippen LogP contribution in [-0.2, 0) is 0 Å². The first kappa shape index (κ1) is 12.2. The molecule has 0 aliphatic carbocycles. The molecule has 1 aromatic carbocycles. The molecule has 1 rings (SSSR count). The van der Waals surface area contributed by atoms with Crippen molar-refractivity contribution < 1.29 is 4.79 Å². The van der Waals surface area contributed by atoms with Gasteiger partial charge in [-0.05, 0) is 62.1 Å². The Morgan fingerprint density at radius 1 is 1.25 bits per heavy atom. The number of hydrogen-bond acceptors (Lipinski definition) is 2. The Kier molecular flexibility index (Phi) is 3.66. The van der Waals surface area contributed by atoms with Gasteiger partial charge in [0.2, 0.25) is 0 Å². The lowest BCUT2D eigenvalue weighted by Crippen LogP contribution is -2.25. The second kappa shape index (κ2) is 4.79. The third kappa shape index (κ3) is 2.82. The zero-order valence-electron chi connectivity index (χ0n) is 10.1. The van der Waals surface area contributed by atoms with Gasteiger partial charge in [0.1, 0.15) is 0 Å². The molecular formula is C12H17N3O. The third-order valence-electron chi connectivity index (χ3n) is 2.68. The third-order valence-corrected chi connectivity index (χ3v) is 2.68. The van der Waals surface area contributed by atoms with Crippen molar-refractivity contribution in [1.82, 2.24) is 5.43 Å². The summed E-state index contributed by atoms with van der Waals surface area (Å²) < 4.78 is 0. The summed E-state index contributed by atoms with van der Waals surface area (Å²) in [5.41, 5.74) is 12.6. The standard InChI is InChI=1S/C12H17N3O/c1-7-5-11(6-8(2)9(7)3)10(4)14-15-12(13)16/h5-6H,1-4H3,(H3,13,15,16). The van der Waals surface area contributed by atoms with Crippen LogP contribution in [0, 0.1) is 20.8 Å². The van der Waals surface area contributed by atoms with E-state index in [1.807, 2.05) is 19.1 Å². The summed E-state index contributed by atoms with van der Waals surface area (Å²) in [5.74, 6) is 0. The van der Waals surface area contributed by atoms with Crippen LogP contribution < -0.4 is 11.2 Å². The lowest BCUT2D eigenvalue weighted by Gasteiger charge is -2.08. The van der Waals surface area contributed by atoms with Gasteiger partial charge in [0.05, 0.1) is 5.71 Å². The second-order valence-electron chi connectivity index (χ2n) is 3.91. The number of carbonyl (C=O) groups is 1. The van der Waals surface area contributed by atoms with E-state index in [9.17, 15) is 4.79 Å². The first-order valence-electron chi connectivity index (χ1n) is 5.09. The molecule has 0 radical (unpaired) electrons. The number of aryl methyl sites for hydroxylation is 2. The van der Waals surface area contributed by atoms with Crippen LogP contribution in [0.2, 0.25) is 0 Å². The molecule has 0 spiro atoms. The first-order valence-corrected chi connectivity index (χ1v) is 5.09. The summed E-state index contributed by atoms with van der Waals surface area (Å²) in [6.45, 7) is 8.03. The number of nitrogens with zero attached hydrogens (tertiary/aromatic N) is 1. The van der Waals surface area contributed by atoms with Crippen LogP contribution in [0.3, 0.4) is 0 Å². The molecule has 3 N–H and O–H groups in total. The molecule has 0 unspecified atom stereocenters. The van der Waals surface area contributed by atoms with E-state index < -0.39 is 6.03 Å². The van der Waals surface area contributed by atoms with Crippen LogP contribution in [0.1, 0.15) is 29.2 Å². The van der Waals surface area contributed by atoms with Crippen LogP contribution in [-0.4, -0.2) is 11.7 Å². The van der Waals surface area contributed by atoms with Gasteiger partial charge < -0.3 is 5.73 Å². The SMILES string of the molecule is CC(=NNC(N)=O)c1cc(C)c(C)c(C)c1. The van der Waals surface area contributed by atoms with Crippen molar-refractivity contribution in [3.05, 3.63) is 34.4 Å². The molecule has 4 heteroatoms. The van der Waals surface area contributed by atoms with E-state index in [0.717, 1.165) is 11.3 Å². The van der Waals surface area contributed by atoms with Crippen LogP contribution in [0.15, 0.2) is 17.2 Å². The number of rotatable bonds is 2. The normalized spacial score (nSPS) is 11.4. The molecule has 0 aromatic heterocycles. The fourth-order valence-electron chi connectivity index (χ4n) is 1.45. The van der Waals surface area contributed by atoms with Crippen molar-refractivity contribution in [3.8, 4) is 0 Å². The molecule has 16 heavy (non-hydrogen) atoms. The highest BCUT2D eigenvalue weighted by Crippen LogP contribution is 2.15. The highest BCUT2D eigenvalue weighted by Gasteiger charge is 2.03. The Hall–Kier alpha value is -1.84. The maximum absolute atomic E-state index is 10.5. The van der Waals surface area contributed by atoms with E-state index in [2.05, 4.69) is 31.3 Å². The first-order chi connectivity index (χ1) is 7.41. The zero-order valence-corrected chi connectivity index (χ0v) is 10.1. The Balaban J connectivity index is 3.05. The molecule has 1 aromatic rings. The van der Waals surface area contributed by atoms with Crippen LogP contribution in [0.25, 0.3) is 0 Å². The average Bonchev–Trinajstić information content (AvgIpc) is 2.21. The fourth-order valence-corrected chi connectivity index (χ4v) is 1.45. The number of benzene rings is 1. The molecule has 0 fully saturated rings. The summed E-state index contributed by atoms with van der Waals surface area (Å²) in [6.07, 6.45) is 0. The maximum atomic E-state index is 10.5. The predicted octanol–water partition coefficient (Wildman–Crippen LogP) is 2.00. The van der Waals surface area contributed by atoms with E-state index in [-0.39, 0.29) is 0 Å². The number of carbonyl (C=O) groups excluding carboxylic acids is 1. The maximum Gasteiger partial charge on any atom is 0.332 e. The minimum absolute atomic E-state index is 0.653. The number of hydrogen-bond donors (Lipinski definition) is 2. The van der Waals surface area contributed by atoms with Gasteiger partial charge in [-0.2, -0.15) is 5.10 Å². The molecular weight excluding hydrogens is 202 g/mol. The average molecular weight is 219 g/mol. The monoisotopic (exact) mass is 219 g/mol. The van der Waals surface area contributed by atoms with Crippen molar-refractivity contribution in [2.45, 2.75) is 27.7 Å². The summed E-state index contributed by atoms with van der Waals surface area (Å²) in [5, 5.41) is 3.90. The zero-order chi connectivity index (χ0) is 12.3. The molecule has 2 amide bonds. The number of nitrogens with two attached hydrogens (primary N) is 1. The van der Waals surface area contributed by atoms with Crippen LogP contribution in [0.5, 0.6) is 0 Å². The van der Waals surface area contributed by atoms with Crippen molar-refractivity contribution in [2.75, 3.05) is 0 Å². The molecule has 0 saturated heterocycles. The van der Waals surface area contributed by atoms with Gasteiger partial charge in [0, 0.05) is 0 Å². The number of amides is 2. The van der Waals surface area contributed by atoms with Crippen molar-refractivity contribution in [1.29, 1.82) is 0 Å². The van der Waals surface area contributed by atoms with Gasteiger partial charge in [-0.3, -0.25) is 0 Å². The van der Waals surface area contributed by atoms with Crippen molar-refractivity contribution in [3.63, 3.8) is 0 Å². The number of hydrazone groups is 1. The fraction of sp³-hybridized carbons (Fsp3) is 0.333. The van der Waals surface area contributed by atoms with Gasteiger partial charge in [0.25, 0.3) is 0 Å².